The van der Waals surface area contributed by atoms with Gasteiger partial charge in [0, 0.05) is 0 Å². The average molecular weight is 230 g/mol. The van der Waals surface area contributed by atoms with Crippen molar-refractivity contribution in [3.63, 3.8) is 0 Å². The Bertz CT molecular complexity index is 365. The van der Waals surface area contributed by atoms with Crippen molar-refractivity contribution in [3.8, 4) is 0 Å². The first-order valence-corrected chi connectivity index (χ1v) is 6.43. The molecule has 0 unspecified atom stereocenters. The highest BCUT2D eigenvalue weighted by Gasteiger charge is 2.10. The van der Waals surface area contributed by atoms with Gasteiger partial charge in [0.1, 0.15) is 0 Å². The molecule has 16 heavy (non-hydrogen) atoms. The molecule has 2 aromatic rings. The van der Waals surface area contributed by atoms with Gasteiger partial charge in [0.25, 0.3) is 0 Å². The van der Waals surface area contributed by atoms with E-state index in [9.17, 15) is 5.11 Å². The van der Waals surface area contributed by atoms with Gasteiger partial charge in [-0.25, -0.2) is 0 Å². The Hall–Kier alpha value is -1.11. The fraction of sp³-hybridized carbons (Fsp3) is 0.0769. The van der Waals surface area contributed by atoms with Crippen molar-refractivity contribution in [3.05, 3.63) is 60.7 Å². The normalized spacial score (nSPS) is 9.88. The minimum Gasteiger partial charge on any atom is -0.391 e. The number of aliphatic hydroxyl groups is 1. The number of hydrogen-bond donors (Lipinski definition) is 1. The van der Waals surface area contributed by atoms with Crippen molar-refractivity contribution in [1.82, 2.24) is 0 Å². The summed E-state index contributed by atoms with van der Waals surface area (Å²) in [7, 11) is -0.593. The van der Waals surface area contributed by atoms with Crippen molar-refractivity contribution >= 4 is 26.9 Å². The van der Waals surface area contributed by atoms with Gasteiger partial charge < -0.3 is 5.11 Å². The first kappa shape index (κ1) is 13.0. The number of aliphatic hydroxyl groups excluding tert-OH is 1. The lowest BCUT2D eigenvalue weighted by Gasteiger charge is -2.15. The monoisotopic (exact) mass is 230 g/mol. The fourth-order valence-electron chi connectivity index (χ4n) is 1.53. The molecule has 0 aliphatic rings. The molecule has 0 amide bonds. The third-order valence-electron chi connectivity index (χ3n) is 2.28. The van der Waals surface area contributed by atoms with Gasteiger partial charge in [-0.3, -0.25) is 0 Å². The Balaban J connectivity index is 0.00000128. The lowest BCUT2D eigenvalue weighted by atomic mass is 10.4. The van der Waals surface area contributed by atoms with Crippen LogP contribution in [0.1, 0.15) is 0 Å². The summed E-state index contributed by atoms with van der Waals surface area (Å²) in [5, 5.41) is 11.9. The summed E-state index contributed by atoms with van der Waals surface area (Å²) in [6.45, 7) is 0. The molecule has 0 aliphatic heterocycles. The van der Waals surface area contributed by atoms with Gasteiger partial charge in [0.15, 0.2) is 0 Å². The molecule has 0 atom stereocenters. The number of hydrogen-bond acceptors (Lipinski definition) is 1. The quantitative estimate of drug-likeness (QED) is 0.613. The molecule has 0 heterocycles. The zero-order valence-electron chi connectivity index (χ0n) is 8.38. The largest absolute Gasteiger partial charge is 0.391 e. The van der Waals surface area contributed by atoms with Gasteiger partial charge in [-0.1, -0.05) is 60.7 Å². The molecule has 3 heteroatoms. The van der Waals surface area contributed by atoms with Crippen molar-refractivity contribution in [2.24, 2.45) is 0 Å². The van der Waals surface area contributed by atoms with Crippen LogP contribution in [-0.4, -0.2) is 19.9 Å². The average Bonchev–Trinajstić information content (AvgIpc) is 2.33. The van der Waals surface area contributed by atoms with Crippen LogP contribution in [-0.2, 0) is 0 Å². The highest BCUT2D eigenvalue weighted by molar-refractivity contribution is 7.72. The van der Waals surface area contributed by atoms with Crippen LogP contribution < -0.4 is 10.6 Å². The molecule has 2 aromatic carbocycles. The predicted octanol–water partition coefficient (Wildman–Crippen LogP) is 0.885. The van der Waals surface area contributed by atoms with Gasteiger partial charge in [-0.05, 0) is 18.5 Å². The highest BCUT2D eigenvalue weighted by Crippen LogP contribution is 2.31. The molecule has 0 saturated carbocycles. The second-order valence-corrected chi connectivity index (χ2v) is 5.41. The van der Waals surface area contributed by atoms with E-state index in [0.29, 0.717) is 0 Å². The Labute approximate surface area is 99.5 Å². The smallest absolute Gasteiger partial charge is 0.0814 e. The molecule has 0 saturated heterocycles. The second kappa shape index (κ2) is 6.47. The van der Waals surface area contributed by atoms with E-state index in [1.54, 1.807) is 0 Å². The molecule has 1 nitrogen and oxygen atoms in total. The van der Waals surface area contributed by atoms with Crippen LogP contribution in [0, 0.1) is 0 Å². The van der Waals surface area contributed by atoms with Crippen molar-refractivity contribution < 1.29 is 5.11 Å². The van der Waals surface area contributed by atoms with Crippen LogP contribution in [0.3, 0.4) is 0 Å². The zero-order valence-corrected chi connectivity index (χ0v) is 9.27. The summed E-state index contributed by atoms with van der Waals surface area (Å²) >= 11 is 0. The van der Waals surface area contributed by atoms with Gasteiger partial charge >= 0.3 is 0 Å². The minimum atomic E-state index is -0.593. The van der Waals surface area contributed by atoms with E-state index in [1.165, 1.54) is 10.6 Å². The van der Waals surface area contributed by atoms with Crippen LogP contribution >= 0.6 is 7.92 Å². The third-order valence-corrected chi connectivity index (χ3v) is 4.40. The van der Waals surface area contributed by atoms with Crippen LogP contribution in [0.5, 0.6) is 0 Å². The Kier molecular flexibility index (Phi) is 5.24. The standard InChI is InChI=1S/C13H13OP.BH3/c14-11-15(12-7-3-1-4-8-12)13-9-5-2-6-10-13;/h1-10,14H,11H2;1H3. The molecule has 0 bridgehead atoms. The maximum Gasteiger partial charge on any atom is 0.0814 e. The van der Waals surface area contributed by atoms with Gasteiger partial charge in [-0.15, -0.1) is 0 Å². The van der Waals surface area contributed by atoms with E-state index in [4.69, 9.17) is 0 Å². The first-order valence-electron chi connectivity index (χ1n) is 4.90. The van der Waals surface area contributed by atoms with E-state index in [2.05, 4.69) is 24.3 Å². The Morgan fingerprint density at radius 2 is 1.12 bits per heavy atom. The predicted molar refractivity (Wildman–Crippen MR) is 76.1 cm³/mol. The first-order chi connectivity index (χ1) is 7.42. The molecule has 0 fully saturated rings. The lowest BCUT2D eigenvalue weighted by Crippen LogP contribution is -2.13. The lowest BCUT2D eigenvalue weighted by molar-refractivity contribution is 0.372. The summed E-state index contributed by atoms with van der Waals surface area (Å²) in [5.74, 6) is 0. The Morgan fingerprint density at radius 1 is 0.750 bits per heavy atom. The zero-order chi connectivity index (χ0) is 10.5. The molecular formula is C13H16BOP. The highest BCUT2D eigenvalue weighted by atomic mass is 31.1. The maximum atomic E-state index is 9.46. The number of rotatable bonds is 3. The molecule has 0 aliphatic carbocycles. The Morgan fingerprint density at radius 3 is 1.44 bits per heavy atom. The van der Waals surface area contributed by atoms with Crippen molar-refractivity contribution in [2.45, 2.75) is 0 Å². The minimum absolute atomic E-state index is 0. The summed E-state index contributed by atoms with van der Waals surface area (Å²) in [4.78, 5) is 0. The molecule has 2 rings (SSSR count). The summed E-state index contributed by atoms with van der Waals surface area (Å²) in [6, 6.07) is 20.4. The van der Waals surface area contributed by atoms with Crippen LogP contribution in [0.15, 0.2) is 60.7 Å². The van der Waals surface area contributed by atoms with Gasteiger partial charge in [0.05, 0.1) is 14.8 Å². The van der Waals surface area contributed by atoms with E-state index < -0.39 is 7.92 Å². The molecule has 0 aromatic heterocycles. The van der Waals surface area contributed by atoms with Gasteiger partial charge in [-0.2, -0.15) is 0 Å². The molecule has 82 valence electrons. The van der Waals surface area contributed by atoms with E-state index in [-0.39, 0.29) is 14.8 Å². The molecule has 0 spiro atoms. The molecular weight excluding hydrogens is 214 g/mol. The van der Waals surface area contributed by atoms with Crippen molar-refractivity contribution in [1.29, 1.82) is 0 Å². The van der Waals surface area contributed by atoms with Crippen LogP contribution in [0.4, 0.5) is 0 Å². The van der Waals surface area contributed by atoms with Crippen LogP contribution in [0.25, 0.3) is 0 Å². The summed E-state index contributed by atoms with van der Waals surface area (Å²) < 4.78 is 0. The van der Waals surface area contributed by atoms with Gasteiger partial charge in [0.2, 0.25) is 0 Å². The van der Waals surface area contributed by atoms with Crippen molar-refractivity contribution in [2.75, 3.05) is 6.35 Å². The number of benzene rings is 2. The molecule has 0 radical (unpaired) electrons. The second-order valence-electron chi connectivity index (χ2n) is 3.24. The van der Waals surface area contributed by atoms with E-state index >= 15 is 0 Å². The summed E-state index contributed by atoms with van der Waals surface area (Å²) in [6.07, 6.45) is 0.212. The SMILES string of the molecule is B.OCP(c1ccccc1)c1ccccc1. The fourth-order valence-corrected chi connectivity index (χ4v) is 3.22. The summed E-state index contributed by atoms with van der Waals surface area (Å²) in [5.41, 5.74) is 0. The molecule has 1 N–H and O–H groups in total. The van der Waals surface area contributed by atoms with E-state index in [0.717, 1.165) is 0 Å². The van der Waals surface area contributed by atoms with Crippen LogP contribution in [0.2, 0.25) is 0 Å². The maximum absolute atomic E-state index is 9.46. The topological polar surface area (TPSA) is 20.2 Å². The third kappa shape index (κ3) is 2.94. The van der Waals surface area contributed by atoms with E-state index in [1.807, 2.05) is 36.4 Å².